The lowest BCUT2D eigenvalue weighted by Gasteiger charge is -2.44. The molecule has 23 heavy (non-hydrogen) atoms. The molecule has 5 nitrogen and oxygen atoms in total. The molecule has 2 aliphatic heterocycles. The summed E-state index contributed by atoms with van der Waals surface area (Å²) in [5.41, 5.74) is 8.06. The number of anilines is 1. The van der Waals surface area contributed by atoms with Crippen molar-refractivity contribution in [1.82, 2.24) is 9.80 Å². The van der Waals surface area contributed by atoms with Gasteiger partial charge in [-0.05, 0) is 37.9 Å². The van der Waals surface area contributed by atoms with Crippen LogP contribution in [0.25, 0.3) is 0 Å². The molecule has 5 heteroatoms. The highest BCUT2D eigenvalue weighted by Crippen LogP contribution is 2.23. The Morgan fingerprint density at radius 2 is 1.91 bits per heavy atom. The second kappa shape index (κ2) is 7.32. The zero-order valence-electron chi connectivity index (χ0n) is 14.1. The Kier molecular flexibility index (Phi) is 5.18. The molecule has 1 aromatic carbocycles. The van der Waals surface area contributed by atoms with Gasteiger partial charge in [0, 0.05) is 44.5 Å². The maximum Gasteiger partial charge on any atom is 0.231 e. The minimum absolute atomic E-state index is 0.213. The Labute approximate surface area is 139 Å². The van der Waals surface area contributed by atoms with Crippen molar-refractivity contribution in [3.8, 4) is 0 Å². The van der Waals surface area contributed by atoms with Crippen molar-refractivity contribution in [2.24, 2.45) is 5.73 Å². The maximum atomic E-state index is 11.1. The number of hydrogen-bond donors (Lipinski definition) is 1. The number of amides is 1. The number of carbonyl (C=O) groups is 1. The van der Waals surface area contributed by atoms with Gasteiger partial charge in [0.2, 0.25) is 5.91 Å². The van der Waals surface area contributed by atoms with E-state index in [1.807, 2.05) is 0 Å². The van der Waals surface area contributed by atoms with E-state index in [1.54, 1.807) is 0 Å². The third kappa shape index (κ3) is 4.03. The second-order valence-electron chi connectivity index (χ2n) is 6.81. The van der Waals surface area contributed by atoms with Crippen molar-refractivity contribution < 1.29 is 4.79 Å². The summed E-state index contributed by atoms with van der Waals surface area (Å²) in [6.45, 7) is 8.93. The van der Waals surface area contributed by atoms with Crippen LogP contribution in [0.4, 0.5) is 5.69 Å². The average molecular weight is 316 g/mol. The highest BCUT2D eigenvalue weighted by Gasteiger charge is 2.28. The number of benzene rings is 1. The maximum absolute atomic E-state index is 11.1. The summed E-state index contributed by atoms with van der Waals surface area (Å²) < 4.78 is 0. The van der Waals surface area contributed by atoms with Crippen molar-refractivity contribution >= 4 is 11.6 Å². The van der Waals surface area contributed by atoms with Crippen LogP contribution >= 0.6 is 0 Å². The first-order chi connectivity index (χ1) is 11.1. The fraction of sp³-hybridized carbons (Fsp3) is 0.611. The summed E-state index contributed by atoms with van der Waals surface area (Å²) in [7, 11) is 0. The van der Waals surface area contributed by atoms with E-state index in [-0.39, 0.29) is 5.91 Å². The van der Waals surface area contributed by atoms with Crippen LogP contribution in [0, 0.1) is 6.92 Å². The summed E-state index contributed by atoms with van der Waals surface area (Å²) in [5.74, 6) is -0.213. The summed E-state index contributed by atoms with van der Waals surface area (Å²) >= 11 is 0. The van der Waals surface area contributed by atoms with Gasteiger partial charge in [-0.25, -0.2) is 0 Å². The molecule has 1 atom stereocenters. The second-order valence-corrected chi connectivity index (χ2v) is 6.81. The van der Waals surface area contributed by atoms with E-state index in [9.17, 15) is 4.79 Å². The van der Waals surface area contributed by atoms with Crippen molar-refractivity contribution in [1.29, 1.82) is 0 Å². The number of primary amides is 1. The molecule has 0 spiro atoms. The normalized spacial score (nSPS) is 23.9. The van der Waals surface area contributed by atoms with E-state index in [0.29, 0.717) is 12.6 Å². The number of hydrogen-bond acceptors (Lipinski definition) is 4. The predicted octanol–water partition coefficient (Wildman–Crippen LogP) is 1.07. The average Bonchev–Trinajstić information content (AvgIpc) is 2.55. The lowest BCUT2D eigenvalue weighted by atomic mass is 10.0. The lowest BCUT2D eigenvalue weighted by molar-refractivity contribution is -0.119. The van der Waals surface area contributed by atoms with Crippen LogP contribution in [0.5, 0.6) is 0 Å². The molecule has 2 N–H and O–H groups in total. The van der Waals surface area contributed by atoms with Gasteiger partial charge >= 0.3 is 0 Å². The SMILES string of the molecule is Cc1ccccc1N1CCN([C@@H]2CCCN(CC(N)=O)C2)CC1. The number of likely N-dealkylation sites (tertiary alicyclic amines) is 1. The molecular weight excluding hydrogens is 288 g/mol. The molecule has 3 rings (SSSR count). The van der Waals surface area contributed by atoms with Gasteiger partial charge in [-0.1, -0.05) is 18.2 Å². The van der Waals surface area contributed by atoms with E-state index in [0.717, 1.165) is 45.7 Å². The topological polar surface area (TPSA) is 52.8 Å². The van der Waals surface area contributed by atoms with Gasteiger partial charge in [-0.2, -0.15) is 0 Å². The molecular formula is C18H28N4O. The van der Waals surface area contributed by atoms with Gasteiger partial charge in [0.15, 0.2) is 0 Å². The number of rotatable bonds is 4. The number of nitrogens with zero attached hydrogens (tertiary/aromatic N) is 3. The lowest BCUT2D eigenvalue weighted by Crippen LogP contribution is -2.55. The number of piperazine rings is 1. The zero-order valence-corrected chi connectivity index (χ0v) is 14.1. The first-order valence-electron chi connectivity index (χ1n) is 8.69. The molecule has 0 aliphatic carbocycles. The number of nitrogens with two attached hydrogens (primary N) is 1. The molecule has 1 aromatic rings. The highest BCUT2D eigenvalue weighted by molar-refractivity contribution is 5.75. The van der Waals surface area contributed by atoms with Gasteiger partial charge in [-0.15, -0.1) is 0 Å². The number of aryl methyl sites for hydroxylation is 1. The first kappa shape index (κ1) is 16.3. The third-order valence-corrected chi connectivity index (χ3v) is 5.15. The zero-order chi connectivity index (χ0) is 16.2. The van der Waals surface area contributed by atoms with Crippen LogP contribution in [0.15, 0.2) is 24.3 Å². The van der Waals surface area contributed by atoms with Gasteiger partial charge in [0.05, 0.1) is 6.54 Å². The van der Waals surface area contributed by atoms with Crippen molar-refractivity contribution in [2.45, 2.75) is 25.8 Å². The molecule has 0 bridgehead atoms. The van der Waals surface area contributed by atoms with E-state index < -0.39 is 0 Å². The molecule has 2 heterocycles. The Morgan fingerprint density at radius 1 is 1.17 bits per heavy atom. The summed E-state index contributed by atoms with van der Waals surface area (Å²) in [5, 5.41) is 0. The molecule has 0 unspecified atom stereocenters. The molecule has 0 aromatic heterocycles. The predicted molar refractivity (Wildman–Crippen MR) is 93.6 cm³/mol. The van der Waals surface area contributed by atoms with Crippen LogP contribution < -0.4 is 10.6 Å². The summed E-state index contributed by atoms with van der Waals surface area (Å²) in [6.07, 6.45) is 2.40. The molecule has 2 fully saturated rings. The minimum atomic E-state index is -0.213. The van der Waals surface area contributed by atoms with Crippen molar-refractivity contribution in [3.05, 3.63) is 29.8 Å². The number of para-hydroxylation sites is 1. The van der Waals surface area contributed by atoms with E-state index in [1.165, 1.54) is 17.7 Å². The molecule has 0 radical (unpaired) electrons. The largest absolute Gasteiger partial charge is 0.369 e. The van der Waals surface area contributed by atoms with Crippen LogP contribution in [0.2, 0.25) is 0 Å². The third-order valence-electron chi connectivity index (χ3n) is 5.15. The fourth-order valence-corrected chi connectivity index (χ4v) is 3.94. The summed E-state index contributed by atoms with van der Waals surface area (Å²) in [6, 6.07) is 9.20. The Hall–Kier alpha value is -1.59. The van der Waals surface area contributed by atoms with E-state index in [4.69, 9.17) is 5.73 Å². The molecule has 2 saturated heterocycles. The molecule has 0 saturated carbocycles. The van der Waals surface area contributed by atoms with Gasteiger partial charge < -0.3 is 10.6 Å². The standard InChI is InChI=1S/C18H28N4O/c1-15-5-2-3-7-17(15)22-11-9-21(10-12-22)16-6-4-8-20(13-16)14-18(19)23/h2-3,5,7,16H,4,6,8-14H2,1H3,(H2,19,23)/t16-/m1/s1. The quantitative estimate of drug-likeness (QED) is 0.903. The van der Waals surface area contributed by atoms with Gasteiger partial charge in [0.1, 0.15) is 0 Å². The van der Waals surface area contributed by atoms with Crippen LogP contribution in [0.3, 0.4) is 0 Å². The van der Waals surface area contributed by atoms with Gasteiger partial charge in [-0.3, -0.25) is 14.6 Å². The molecule has 1 amide bonds. The fourth-order valence-electron chi connectivity index (χ4n) is 3.94. The minimum Gasteiger partial charge on any atom is -0.369 e. The number of piperidine rings is 1. The first-order valence-corrected chi connectivity index (χ1v) is 8.69. The molecule has 126 valence electrons. The Balaban J connectivity index is 1.54. The van der Waals surface area contributed by atoms with Gasteiger partial charge in [0.25, 0.3) is 0 Å². The van der Waals surface area contributed by atoms with Crippen LogP contribution in [-0.4, -0.2) is 67.6 Å². The molecule has 2 aliphatic rings. The smallest absolute Gasteiger partial charge is 0.231 e. The number of carbonyl (C=O) groups excluding carboxylic acids is 1. The van der Waals surface area contributed by atoms with Crippen LogP contribution in [0.1, 0.15) is 18.4 Å². The van der Waals surface area contributed by atoms with E-state index >= 15 is 0 Å². The summed E-state index contributed by atoms with van der Waals surface area (Å²) in [4.78, 5) is 18.5. The Bertz CT molecular complexity index is 540. The highest BCUT2D eigenvalue weighted by atomic mass is 16.1. The Morgan fingerprint density at radius 3 is 2.61 bits per heavy atom. The van der Waals surface area contributed by atoms with Crippen LogP contribution in [-0.2, 0) is 4.79 Å². The van der Waals surface area contributed by atoms with Crippen molar-refractivity contribution in [2.75, 3.05) is 50.7 Å². The van der Waals surface area contributed by atoms with Crippen molar-refractivity contribution in [3.63, 3.8) is 0 Å². The monoisotopic (exact) mass is 316 g/mol. The van der Waals surface area contributed by atoms with E-state index in [2.05, 4.69) is 45.9 Å².